The van der Waals surface area contributed by atoms with Gasteiger partial charge < -0.3 is 9.32 Å². The zero-order valence-corrected chi connectivity index (χ0v) is 29.4. The largest absolute Gasteiger partial charge is 0.453 e. The molecule has 11 aromatic rings. The van der Waals surface area contributed by atoms with Gasteiger partial charge in [-0.25, -0.2) is 0 Å². The van der Waals surface area contributed by atoms with Crippen LogP contribution < -0.4 is 4.90 Å². The van der Waals surface area contributed by atoms with Gasteiger partial charge in [0, 0.05) is 26.9 Å². The fourth-order valence-corrected chi connectivity index (χ4v) is 8.59. The molecule has 0 unspecified atom stereocenters. The molecule has 0 amide bonds. The SMILES string of the molecule is c1ccc(-c2ccc(N(c3ccc(-c4ccccc4)c4ccccc34)c3cccc4c3oc3c4ccc4ccc5ccccc5c43)c3ccccc23)cc1. The van der Waals surface area contributed by atoms with Crippen LogP contribution in [0, 0.1) is 0 Å². The molecule has 252 valence electrons. The summed E-state index contributed by atoms with van der Waals surface area (Å²) in [6.45, 7) is 0. The van der Waals surface area contributed by atoms with Gasteiger partial charge >= 0.3 is 0 Å². The highest BCUT2D eigenvalue weighted by Crippen LogP contribution is 2.49. The van der Waals surface area contributed by atoms with Crippen LogP contribution in [-0.2, 0) is 0 Å². The summed E-state index contributed by atoms with van der Waals surface area (Å²) >= 11 is 0. The highest BCUT2D eigenvalue weighted by atomic mass is 16.3. The van der Waals surface area contributed by atoms with Crippen LogP contribution in [0.15, 0.2) is 205 Å². The molecule has 0 saturated carbocycles. The number of fused-ring (bicyclic) bond motifs is 9. The van der Waals surface area contributed by atoms with Crippen molar-refractivity contribution in [3.05, 3.63) is 200 Å². The molecule has 0 atom stereocenters. The van der Waals surface area contributed by atoms with Crippen molar-refractivity contribution in [1.82, 2.24) is 0 Å². The predicted octanol–water partition coefficient (Wildman–Crippen LogP) is 15.0. The summed E-state index contributed by atoms with van der Waals surface area (Å²) in [4.78, 5) is 2.43. The van der Waals surface area contributed by atoms with Gasteiger partial charge in [-0.15, -0.1) is 0 Å². The van der Waals surface area contributed by atoms with Crippen molar-refractivity contribution in [3.8, 4) is 22.3 Å². The Morgan fingerprint density at radius 2 is 0.759 bits per heavy atom. The maximum Gasteiger partial charge on any atom is 0.159 e. The highest BCUT2D eigenvalue weighted by molar-refractivity contribution is 6.24. The molecule has 0 saturated heterocycles. The number of anilines is 3. The van der Waals surface area contributed by atoms with Crippen LogP contribution in [0.4, 0.5) is 17.1 Å². The van der Waals surface area contributed by atoms with E-state index in [1.807, 2.05) is 0 Å². The van der Waals surface area contributed by atoms with E-state index in [2.05, 4.69) is 205 Å². The first kappa shape index (κ1) is 30.5. The Kier molecular flexibility index (Phi) is 6.90. The summed E-state index contributed by atoms with van der Waals surface area (Å²) in [6, 6.07) is 72.1. The third-order valence-electron chi connectivity index (χ3n) is 11.0. The Balaban J connectivity index is 1.25. The van der Waals surface area contributed by atoms with Crippen molar-refractivity contribution >= 4 is 82.1 Å². The number of furan rings is 1. The summed E-state index contributed by atoms with van der Waals surface area (Å²) in [6.07, 6.45) is 0. The standard InChI is InChI=1S/C52H33NO/c1-3-14-34(15-4-1)38-30-32-47(43-22-11-9-20-41(38)43)53(48-33-31-39(35-16-5-2-6-17-35)42-21-10-12-23-44(42)48)49-25-13-24-45-46-29-28-37-27-26-36-18-7-8-19-40(36)50(37)52(46)54-51(45)49/h1-33H. The minimum atomic E-state index is 0.861. The van der Waals surface area contributed by atoms with Crippen LogP contribution in [0.5, 0.6) is 0 Å². The molecular formula is C52H33NO. The zero-order valence-electron chi connectivity index (χ0n) is 29.4. The first-order chi connectivity index (χ1) is 26.8. The van der Waals surface area contributed by atoms with Gasteiger partial charge in [0.15, 0.2) is 5.58 Å². The normalized spacial score (nSPS) is 11.7. The lowest BCUT2D eigenvalue weighted by atomic mass is 9.94. The Morgan fingerprint density at radius 1 is 0.278 bits per heavy atom. The van der Waals surface area contributed by atoms with Crippen LogP contribution in [0.1, 0.15) is 0 Å². The van der Waals surface area contributed by atoms with Crippen LogP contribution in [-0.4, -0.2) is 0 Å². The number of para-hydroxylation sites is 1. The lowest BCUT2D eigenvalue weighted by Crippen LogP contribution is -2.11. The number of rotatable bonds is 5. The lowest BCUT2D eigenvalue weighted by molar-refractivity contribution is 0.673. The molecule has 0 aliphatic heterocycles. The molecule has 1 aromatic heterocycles. The van der Waals surface area contributed by atoms with E-state index in [1.54, 1.807) is 0 Å². The summed E-state index contributed by atoms with van der Waals surface area (Å²) in [7, 11) is 0. The Morgan fingerprint density at radius 3 is 1.39 bits per heavy atom. The quantitative estimate of drug-likeness (QED) is 0.168. The van der Waals surface area contributed by atoms with Gasteiger partial charge in [0.2, 0.25) is 0 Å². The molecule has 0 aliphatic carbocycles. The average molecular weight is 688 g/mol. The van der Waals surface area contributed by atoms with Gasteiger partial charge in [0.05, 0.1) is 17.1 Å². The van der Waals surface area contributed by atoms with E-state index in [0.717, 1.165) is 44.4 Å². The molecule has 1 heterocycles. The molecular weight excluding hydrogens is 655 g/mol. The van der Waals surface area contributed by atoms with Crippen molar-refractivity contribution in [2.75, 3.05) is 4.90 Å². The second-order valence-corrected chi connectivity index (χ2v) is 14.0. The molecule has 0 radical (unpaired) electrons. The molecule has 11 rings (SSSR count). The topological polar surface area (TPSA) is 16.4 Å². The Labute approximate surface area is 312 Å². The van der Waals surface area contributed by atoms with E-state index in [1.165, 1.54) is 60.0 Å². The van der Waals surface area contributed by atoms with Crippen molar-refractivity contribution in [2.24, 2.45) is 0 Å². The first-order valence-corrected chi connectivity index (χ1v) is 18.5. The molecule has 54 heavy (non-hydrogen) atoms. The third-order valence-corrected chi connectivity index (χ3v) is 11.0. The first-order valence-electron chi connectivity index (χ1n) is 18.5. The lowest BCUT2D eigenvalue weighted by Gasteiger charge is -2.29. The van der Waals surface area contributed by atoms with E-state index in [-0.39, 0.29) is 0 Å². The number of benzene rings is 10. The predicted molar refractivity (Wildman–Crippen MR) is 229 cm³/mol. The summed E-state index contributed by atoms with van der Waals surface area (Å²) < 4.78 is 7.20. The number of hydrogen-bond donors (Lipinski definition) is 0. The van der Waals surface area contributed by atoms with Gasteiger partial charge in [-0.05, 0) is 73.5 Å². The maximum absolute atomic E-state index is 7.20. The fourth-order valence-electron chi connectivity index (χ4n) is 8.59. The number of nitrogens with zero attached hydrogens (tertiary/aromatic N) is 1. The van der Waals surface area contributed by atoms with Crippen molar-refractivity contribution < 1.29 is 4.42 Å². The molecule has 2 heteroatoms. The van der Waals surface area contributed by atoms with Crippen molar-refractivity contribution in [3.63, 3.8) is 0 Å². The minimum absolute atomic E-state index is 0.861. The van der Waals surface area contributed by atoms with Gasteiger partial charge in [-0.1, -0.05) is 176 Å². The molecule has 0 aliphatic rings. The van der Waals surface area contributed by atoms with Gasteiger partial charge in [-0.3, -0.25) is 0 Å². The van der Waals surface area contributed by atoms with E-state index in [0.29, 0.717) is 0 Å². The summed E-state index contributed by atoms with van der Waals surface area (Å²) in [5.41, 5.74) is 9.76. The van der Waals surface area contributed by atoms with Crippen LogP contribution >= 0.6 is 0 Å². The molecule has 0 bridgehead atoms. The van der Waals surface area contributed by atoms with Gasteiger partial charge in [0.1, 0.15) is 5.58 Å². The van der Waals surface area contributed by atoms with Gasteiger partial charge in [-0.2, -0.15) is 0 Å². The molecule has 2 nitrogen and oxygen atoms in total. The van der Waals surface area contributed by atoms with Crippen LogP contribution in [0.25, 0.3) is 87.3 Å². The van der Waals surface area contributed by atoms with Crippen molar-refractivity contribution in [1.29, 1.82) is 0 Å². The summed E-state index contributed by atoms with van der Waals surface area (Å²) in [5.74, 6) is 0. The second kappa shape index (κ2) is 12.2. The smallest absolute Gasteiger partial charge is 0.159 e. The van der Waals surface area contributed by atoms with Crippen molar-refractivity contribution in [2.45, 2.75) is 0 Å². The molecule has 10 aromatic carbocycles. The zero-order chi connectivity index (χ0) is 35.6. The molecule has 0 spiro atoms. The van der Waals surface area contributed by atoms with Gasteiger partial charge in [0.25, 0.3) is 0 Å². The summed E-state index contributed by atoms with van der Waals surface area (Å²) in [5, 5.41) is 11.7. The Bertz CT molecular complexity index is 3090. The van der Waals surface area contributed by atoms with E-state index < -0.39 is 0 Å². The van der Waals surface area contributed by atoms with Crippen LogP contribution in [0.3, 0.4) is 0 Å². The number of hydrogen-bond acceptors (Lipinski definition) is 2. The third kappa shape index (κ3) is 4.67. The molecule has 0 fully saturated rings. The Hall–Kier alpha value is -7.16. The van der Waals surface area contributed by atoms with E-state index in [4.69, 9.17) is 4.42 Å². The average Bonchev–Trinajstić information content (AvgIpc) is 3.64. The fraction of sp³-hybridized carbons (Fsp3) is 0. The minimum Gasteiger partial charge on any atom is -0.453 e. The maximum atomic E-state index is 7.20. The monoisotopic (exact) mass is 687 g/mol. The highest BCUT2D eigenvalue weighted by Gasteiger charge is 2.24. The molecule has 0 N–H and O–H groups in total. The second-order valence-electron chi connectivity index (χ2n) is 14.0. The van der Waals surface area contributed by atoms with Crippen LogP contribution in [0.2, 0.25) is 0 Å². The van der Waals surface area contributed by atoms with E-state index in [9.17, 15) is 0 Å². The van der Waals surface area contributed by atoms with E-state index >= 15 is 0 Å².